The normalized spacial score (nSPS) is 10.5. The fourth-order valence-corrected chi connectivity index (χ4v) is 1.30. The van der Waals surface area contributed by atoms with Gasteiger partial charge in [-0.05, 0) is 25.3 Å². The van der Waals surface area contributed by atoms with Crippen molar-refractivity contribution in [2.45, 2.75) is 19.8 Å². The summed E-state index contributed by atoms with van der Waals surface area (Å²) in [7, 11) is 1.97. The first kappa shape index (κ1) is 8.60. The molecule has 0 aromatic carbocycles. The van der Waals surface area contributed by atoms with Gasteiger partial charge in [0.25, 0.3) is 0 Å². The van der Waals surface area contributed by atoms with Crippen molar-refractivity contribution >= 4 is 11.6 Å². The van der Waals surface area contributed by atoms with Gasteiger partial charge in [0, 0.05) is 18.6 Å². The standard InChI is InChI=1S/C8H13ClN2/c1-7-6-10-11(2)8(7)4-3-5-9/h6H,3-5H2,1-2H3. The fourth-order valence-electron chi connectivity index (χ4n) is 1.17. The summed E-state index contributed by atoms with van der Waals surface area (Å²) >= 11 is 5.59. The molecular weight excluding hydrogens is 160 g/mol. The Morgan fingerprint density at radius 2 is 2.36 bits per heavy atom. The molecule has 1 rings (SSSR count). The Labute approximate surface area is 72.2 Å². The first-order valence-electron chi connectivity index (χ1n) is 3.79. The van der Waals surface area contributed by atoms with Gasteiger partial charge in [0.15, 0.2) is 0 Å². The van der Waals surface area contributed by atoms with Gasteiger partial charge in [-0.25, -0.2) is 0 Å². The summed E-state index contributed by atoms with van der Waals surface area (Å²) in [5.41, 5.74) is 2.56. The number of halogens is 1. The molecule has 0 atom stereocenters. The minimum Gasteiger partial charge on any atom is -0.272 e. The van der Waals surface area contributed by atoms with Crippen molar-refractivity contribution in [2.75, 3.05) is 5.88 Å². The van der Waals surface area contributed by atoms with Crippen molar-refractivity contribution in [1.82, 2.24) is 9.78 Å². The second-order valence-corrected chi connectivity index (χ2v) is 3.07. The lowest BCUT2D eigenvalue weighted by Crippen LogP contribution is -1.99. The highest BCUT2D eigenvalue weighted by molar-refractivity contribution is 6.17. The molecule has 0 radical (unpaired) electrons. The SMILES string of the molecule is Cc1cnn(C)c1CCCCl. The lowest BCUT2D eigenvalue weighted by atomic mass is 10.2. The van der Waals surface area contributed by atoms with Crippen LogP contribution in [0.1, 0.15) is 17.7 Å². The smallest absolute Gasteiger partial charge is 0.0521 e. The van der Waals surface area contributed by atoms with Crippen molar-refractivity contribution in [3.8, 4) is 0 Å². The van der Waals surface area contributed by atoms with Crippen LogP contribution in [0.4, 0.5) is 0 Å². The number of rotatable bonds is 3. The number of nitrogens with zero attached hydrogens (tertiary/aromatic N) is 2. The Bertz CT molecular complexity index is 210. The third-order valence-electron chi connectivity index (χ3n) is 1.82. The molecule has 2 nitrogen and oxygen atoms in total. The summed E-state index contributed by atoms with van der Waals surface area (Å²) in [4.78, 5) is 0. The van der Waals surface area contributed by atoms with E-state index in [0.717, 1.165) is 18.7 Å². The van der Waals surface area contributed by atoms with Crippen LogP contribution < -0.4 is 0 Å². The van der Waals surface area contributed by atoms with E-state index in [4.69, 9.17) is 11.6 Å². The predicted molar refractivity (Wildman–Crippen MR) is 47.0 cm³/mol. The third-order valence-corrected chi connectivity index (χ3v) is 2.08. The Balaban J connectivity index is 2.67. The van der Waals surface area contributed by atoms with Gasteiger partial charge in [0.2, 0.25) is 0 Å². The first-order valence-corrected chi connectivity index (χ1v) is 4.32. The van der Waals surface area contributed by atoms with Crippen LogP contribution in [0, 0.1) is 6.92 Å². The van der Waals surface area contributed by atoms with Crippen LogP contribution in [0.5, 0.6) is 0 Å². The van der Waals surface area contributed by atoms with Gasteiger partial charge in [-0.15, -0.1) is 11.6 Å². The minimum atomic E-state index is 0.727. The van der Waals surface area contributed by atoms with E-state index in [0.29, 0.717) is 0 Å². The van der Waals surface area contributed by atoms with Crippen molar-refractivity contribution in [3.05, 3.63) is 17.5 Å². The van der Waals surface area contributed by atoms with Crippen LogP contribution in [-0.4, -0.2) is 15.7 Å². The number of hydrogen-bond acceptors (Lipinski definition) is 1. The van der Waals surface area contributed by atoms with E-state index in [1.165, 1.54) is 11.3 Å². The van der Waals surface area contributed by atoms with Crippen molar-refractivity contribution in [3.63, 3.8) is 0 Å². The van der Waals surface area contributed by atoms with Crippen molar-refractivity contribution in [1.29, 1.82) is 0 Å². The van der Waals surface area contributed by atoms with Crippen LogP contribution >= 0.6 is 11.6 Å². The van der Waals surface area contributed by atoms with Crippen molar-refractivity contribution in [2.24, 2.45) is 7.05 Å². The van der Waals surface area contributed by atoms with E-state index < -0.39 is 0 Å². The second kappa shape index (κ2) is 3.77. The summed E-state index contributed by atoms with van der Waals surface area (Å²) in [6.07, 6.45) is 3.96. The number of hydrogen-bond donors (Lipinski definition) is 0. The van der Waals surface area contributed by atoms with Gasteiger partial charge in [0.05, 0.1) is 6.20 Å². The largest absolute Gasteiger partial charge is 0.272 e. The molecule has 0 aliphatic heterocycles. The van der Waals surface area contributed by atoms with Crippen LogP contribution in [0.15, 0.2) is 6.20 Å². The highest BCUT2D eigenvalue weighted by Gasteiger charge is 2.02. The summed E-state index contributed by atoms with van der Waals surface area (Å²) < 4.78 is 1.92. The first-order chi connectivity index (χ1) is 5.25. The Morgan fingerprint density at radius 1 is 1.64 bits per heavy atom. The predicted octanol–water partition coefficient (Wildman–Crippen LogP) is 1.90. The van der Waals surface area contributed by atoms with Gasteiger partial charge >= 0.3 is 0 Å². The molecule has 0 saturated heterocycles. The zero-order valence-corrected chi connectivity index (χ0v) is 7.73. The number of aryl methyl sites for hydroxylation is 2. The molecule has 0 aliphatic rings. The van der Waals surface area contributed by atoms with Crippen LogP contribution in [0.2, 0.25) is 0 Å². The molecule has 0 aliphatic carbocycles. The minimum absolute atomic E-state index is 0.727. The molecule has 1 heterocycles. The van der Waals surface area contributed by atoms with Crippen LogP contribution in [-0.2, 0) is 13.5 Å². The van der Waals surface area contributed by atoms with Crippen LogP contribution in [0.25, 0.3) is 0 Å². The Hall–Kier alpha value is -0.500. The monoisotopic (exact) mass is 172 g/mol. The Morgan fingerprint density at radius 3 is 2.82 bits per heavy atom. The van der Waals surface area contributed by atoms with Gasteiger partial charge < -0.3 is 0 Å². The molecule has 1 aromatic rings. The maximum atomic E-state index is 5.59. The quantitative estimate of drug-likeness (QED) is 0.637. The second-order valence-electron chi connectivity index (χ2n) is 2.69. The van der Waals surface area contributed by atoms with Gasteiger partial charge in [-0.1, -0.05) is 0 Å². The maximum Gasteiger partial charge on any atom is 0.0521 e. The topological polar surface area (TPSA) is 17.8 Å². The zero-order chi connectivity index (χ0) is 8.27. The summed E-state index contributed by atoms with van der Waals surface area (Å²) in [6, 6.07) is 0. The van der Waals surface area contributed by atoms with Gasteiger partial charge in [0.1, 0.15) is 0 Å². The molecule has 11 heavy (non-hydrogen) atoms. The van der Waals surface area contributed by atoms with Crippen molar-refractivity contribution < 1.29 is 0 Å². The van der Waals surface area contributed by atoms with Gasteiger partial charge in [-0.3, -0.25) is 4.68 Å². The molecule has 1 aromatic heterocycles. The maximum absolute atomic E-state index is 5.59. The number of aromatic nitrogens is 2. The zero-order valence-electron chi connectivity index (χ0n) is 6.97. The molecule has 0 fully saturated rings. The van der Waals surface area contributed by atoms with E-state index in [1.807, 2.05) is 17.9 Å². The Kier molecular flexibility index (Phi) is 2.94. The van der Waals surface area contributed by atoms with Crippen LogP contribution in [0.3, 0.4) is 0 Å². The molecule has 62 valence electrons. The summed E-state index contributed by atoms with van der Waals surface area (Å²) in [5, 5.41) is 4.14. The highest BCUT2D eigenvalue weighted by atomic mass is 35.5. The van der Waals surface area contributed by atoms with E-state index in [-0.39, 0.29) is 0 Å². The number of alkyl halides is 1. The van der Waals surface area contributed by atoms with E-state index in [9.17, 15) is 0 Å². The molecule has 3 heteroatoms. The molecule has 0 unspecified atom stereocenters. The van der Waals surface area contributed by atoms with E-state index in [1.54, 1.807) is 0 Å². The molecule has 0 N–H and O–H groups in total. The molecular formula is C8H13ClN2. The highest BCUT2D eigenvalue weighted by Crippen LogP contribution is 2.08. The molecule has 0 saturated carbocycles. The molecule has 0 amide bonds. The average Bonchev–Trinajstić information content (AvgIpc) is 2.29. The average molecular weight is 173 g/mol. The lowest BCUT2D eigenvalue weighted by molar-refractivity contribution is 0.697. The van der Waals surface area contributed by atoms with Gasteiger partial charge in [-0.2, -0.15) is 5.10 Å². The third kappa shape index (κ3) is 1.96. The fraction of sp³-hybridized carbons (Fsp3) is 0.625. The molecule has 0 bridgehead atoms. The van der Waals surface area contributed by atoms with E-state index in [2.05, 4.69) is 12.0 Å². The summed E-state index contributed by atoms with van der Waals surface area (Å²) in [5.74, 6) is 0.727. The lowest BCUT2D eigenvalue weighted by Gasteiger charge is -2.00. The summed E-state index contributed by atoms with van der Waals surface area (Å²) in [6.45, 7) is 2.08. The molecule has 0 spiro atoms. The van der Waals surface area contributed by atoms with E-state index >= 15 is 0 Å².